The molecule has 22 heavy (non-hydrogen) atoms. The minimum absolute atomic E-state index is 0.00486. The number of phenols is 1. The molecule has 0 bridgehead atoms. The fraction of sp³-hybridized carbons (Fsp3) is 0.632. The number of carbonyl (C=O) groups excluding carboxylic acids is 1. The molecule has 0 saturated heterocycles. The molecule has 1 N–H and O–H groups in total. The maximum Gasteiger partial charge on any atom is 0.305 e. The van der Waals surface area contributed by atoms with Gasteiger partial charge in [-0.05, 0) is 42.4 Å². The van der Waals surface area contributed by atoms with Gasteiger partial charge in [-0.3, -0.25) is 4.79 Å². The van der Waals surface area contributed by atoms with Crippen molar-refractivity contribution < 1.29 is 14.6 Å². The van der Waals surface area contributed by atoms with Gasteiger partial charge in [0.2, 0.25) is 0 Å². The number of carbonyl (C=O) groups is 1. The first kappa shape index (κ1) is 18.5. The highest BCUT2D eigenvalue weighted by molar-refractivity contribution is 5.69. The summed E-state index contributed by atoms with van der Waals surface area (Å²) in [6.07, 6.45) is 6.73. The van der Waals surface area contributed by atoms with E-state index < -0.39 is 0 Å². The molecule has 0 heterocycles. The lowest BCUT2D eigenvalue weighted by Gasteiger charge is -2.25. The van der Waals surface area contributed by atoms with Crippen LogP contribution in [0.25, 0.3) is 0 Å². The van der Waals surface area contributed by atoms with Crippen molar-refractivity contribution in [2.75, 3.05) is 6.61 Å². The Morgan fingerprint density at radius 2 is 1.77 bits per heavy atom. The van der Waals surface area contributed by atoms with Gasteiger partial charge in [-0.25, -0.2) is 0 Å². The highest BCUT2D eigenvalue weighted by Crippen LogP contribution is 2.30. The number of rotatable bonds is 10. The molecule has 0 atom stereocenters. The van der Waals surface area contributed by atoms with Gasteiger partial charge in [0.15, 0.2) is 0 Å². The summed E-state index contributed by atoms with van der Waals surface area (Å²) in [5.74, 6) is 0.198. The number of aromatic hydroxyl groups is 1. The zero-order valence-electron chi connectivity index (χ0n) is 14.2. The molecule has 3 heteroatoms. The van der Waals surface area contributed by atoms with E-state index in [9.17, 15) is 9.90 Å². The predicted octanol–water partition coefficient (Wildman–Crippen LogP) is 4.96. The fourth-order valence-corrected chi connectivity index (χ4v) is 2.52. The van der Waals surface area contributed by atoms with E-state index in [4.69, 9.17) is 4.74 Å². The van der Waals surface area contributed by atoms with E-state index in [1.165, 1.54) is 18.4 Å². The molecule has 0 aliphatic heterocycles. The van der Waals surface area contributed by atoms with Crippen molar-refractivity contribution in [1.82, 2.24) is 0 Å². The van der Waals surface area contributed by atoms with E-state index >= 15 is 0 Å². The Kier molecular flexibility index (Phi) is 8.00. The summed E-state index contributed by atoms with van der Waals surface area (Å²) in [5.41, 5.74) is 1.17. The van der Waals surface area contributed by atoms with Crippen LogP contribution in [0.4, 0.5) is 0 Å². The van der Waals surface area contributed by atoms with Crippen LogP contribution >= 0.6 is 0 Å². The Bertz CT molecular complexity index is 434. The first-order valence-electron chi connectivity index (χ1n) is 8.41. The molecule has 0 aromatic heterocycles. The van der Waals surface area contributed by atoms with E-state index in [-0.39, 0.29) is 17.1 Å². The van der Waals surface area contributed by atoms with Crippen LogP contribution in [0.2, 0.25) is 0 Å². The molecule has 0 radical (unpaired) electrons. The molecule has 0 aliphatic carbocycles. The van der Waals surface area contributed by atoms with Gasteiger partial charge in [-0.2, -0.15) is 0 Å². The highest BCUT2D eigenvalue weighted by atomic mass is 16.5. The van der Waals surface area contributed by atoms with Crippen LogP contribution in [-0.4, -0.2) is 17.7 Å². The van der Waals surface area contributed by atoms with Gasteiger partial charge >= 0.3 is 5.97 Å². The topological polar surface area (TPSA) is 46.5 Å². The van der Waals surface area contributed by atoms with Gasteiger partial charge in [0.25, 0.3) is 0 Å². The Hall–Kier alpha value is -1.51. The Balaban J connectivity index is 2.24. The molecule has 124 valence electrons. The average molecular weight is 306 g/mol. The second kappa shape index (κ2) is 9.50. The molecule has 0 spiro atoms. The summed E-state index contributed by atoms with van der Waals surface area (Å²) in [6, 6.07) is 7.31. The van der Waals surface area contributed by atoms with E-state index in [0.717, 1.165) is 25.7 Å². The number of hydrogen-bond acceptors (Lipinski definition) is 3. The number of phenolic OH excluding ortho intramolecular Hbond substituents is 1. The summed E-state index contributed by atoms with van der Waals surface area (Å²) < 4.78 is 5.25. The Morgan fingerprint density at radius 1 is 1.09 bits per heavy atom. The zero-order chi connectivity index (χ0) is 16.4. The third-order valence-electron chi connectivity index (χ3n) is 4.09. The van der Waals surface area contributed by atoms with Gasteiger partial charge < -0.3 is 9.84 Å². The van der Waals surface area contributed by atoms with Crippen molar-refractivity contribution >= 4 is 5.97 Å². The van der Waals surface area contributed by atoms with Crippen molar-refractivity contribution in [2.24, 2.45) is 0 Å². The molecule has 1 aromatic carbocycles. The van der Waals surface area contributed by atoms with E-state index in [1.807, 2.05) is 12.1 Å². The summed E-state index contributed by atoms with van der Waals surface area (Å²) >= 11 is 0. The largest absolute Gasteiger partial charge is 0.508 e. The monoisotopic (exact) mass is 306 g/mol. The minimum Gasteiger partial charge on any atom is -0.508 e. The summed E-state index contributed by atoms with van der Waals surface area (Å²) in [7, 11) is 0. The number of ether oxygens (including phenoxy) is 1. The van der Waals surface area contributed by atoms with Gasteiger partial charge in [0.1, 0.15) is 5.75 Å². The van der Waals surface area contributed by atoms with Crippen LogP contribution in [0.5, 0.6) is 5.75 Å². The van der Waals surface area contributed by atoms with Crippen molar-refractivity contribution in [3.63, 3.8) is 0 Å². The van der Waals surface area contributed by atoms with Crippen LogP contribution in [0, 0.1) is 0 Å². The molecule has 3 nitrogen and oxygen atoms in total. The van der Waals surface area contributed by atoms with Gasteiger partial charge in [-0.15, -0.1) is 0 Å². The second-order valence-corrected chi connectivity index (χ2v) is 6.57. The number of benzene rings is 1. The molecule has 1 aromatic rings. The lowest BCUT2D eigenvalue weighted by Crippen LogP contribution is -2.17. The average Bonchev–Trinajstić information content (AvgIpc) is 2.47. The highest BCUT2D eigenvalue weighted by Gasteiger charge is 2.20. The van der Waals surface area contributed by atoms with E-state index in [0.29, 0.717) is 13.0 Å². The first-order valence-corrected chi connectivity index (χ1v) is 8.41. The molecular formula is C19H30O3. The summed E-state index contributed by atoms with van der Waals surface area (Å²) in [6.45, 7) is 7.05. The molecule has 0 aliphatic rings. The van der Waals surface area contributed by atoms with Crippen molar-refractivity contribution in [3.05, 3.63) is 29.8 Å². The van der Waals surface area contributed by atoms with Crippen LogP contribution in [0.3, 0.4) is 0 Å². The van der Waals surface area contributed by atoms with Crippen LogP contribution in [0.1, 0.15) is 71.3 Å². The van der Waals surface area contributed by atoms with Gasteiger partial charge in [-0.1, -0.05) is 52.2 Å². The van der Waals surface area contributed by atoms with Gasteiger partial charge in [0, 0.05) is 6.42 Å². The molecule has 0 amide bonds. The molecule has 0 unspecified atom stereocenters. The van der Waals surface area contributed by atoms with Crippen LogP contribution in [0.15, 0.2) is 24.3 Å². The Morgan fingerprint density at radius 3 is 2.41 bits per heavy atom. The maximum absolute atomic E-state index is 11.7. The lowest BCUT2D eigenvalue weighted by molar-refractivity contribution is -0.143. The summed E-state index contributed by atoms with van der Waals surface area (Å²) in [5, 5.41) is 9.35. The lowest BCUT2D eigenvalue weighted by atomic mass is 9.80. The fourth-order valence-electron chi connectivity index (χ4n) is 2.52. The SMILES string of the molecule is CCCCCCOC(=O)CCCC(C)(C)c1ccc(O)cc1. The number of esters is 1. The van der Waals surface area contributed by atoms with Crippen LogP contribution in [-0.2, 0) is 14.9 Å². The number of hydrogen-bond donors (Lipinski definition) is 1. The van der Waals surface area contributed by atoms with E-state index in [1.54, 1.807) is 12.1 Å². The standard InChI is InChI=1S/C19H30O3/c1-4-5-6-7-15-22-18(21)9-8-14-19(2,3)16-10-12-17(20)13-11-16/h10-13,20H,4-9,14-15H2,1-3H3. The maximum atomic E-state index is 11.7. The van der Waals surface area contributed by atoms with Crippen molar-refractivity contribution in [1.29, 1.82) is 0 Å². The van der Waals surface area contributed by atoms with Gasteiger partial charge in [0.05, 0.1) is 6.61 Å². The van der Waals surface area contributed by atoms with E-state index in [2.05, 4.69) is 20.8 Å². The second-order valence-electron chi connectivity index (χ2n) is 6.57. The van der Waals surface area contributed by atoms with Crippen molar-refractivity contribution in [3.8, 4) is 5.75 Å². The number of unbranched alkanes of at least 4 members (excludes halogenated alkanes) is 3. The smallest absolute Gasteiger partial charge is 0.305 e. The van der Waals surface area contributed by atoms with Crippen molar-refractivity contribution in [2.45, 2.75) is 71.1 Å². The molecule has 0 fully saturated rings. The minimum atomic E-state index is -0.0852. The Labute approximate surface area is 134 Å². The molecular weight excluding hydrogens is 276 g/mol. The predicted molar refractivity (Wildman–Crippen MR) is 90.1 cm³/mol. The zero-order valence-corrected chi connectivity index (χ0v) is 14.2. The quantitative estimate of drug-likeness (QED) is 0.490. The third kappa shape index (κ3) is 6.97. The molecule has 1 rings (SSSR count). The first-order chi connectivity index (χ1) is 10.5. The third-order valence-corrected chi connectivity index (χ3v) is 4.09. The normalized spacial score (nSPS) is 11.4. The molecule has 0 saturated carbocycles. The van der Waals surface area contributed by atoms with Crippen LogP contribution < -0.4 is 0 Å². The summed E-state index contributed by atoms with van der Waals surface area (Å²) in [4.78, 5) is 11.7.